The fourth-order valence-corrected chi connectivity index (χ4v) is 2.88. The number of carboxylic acid groups (broad SMARTS) is 1. The first-order valence-corrected chi connectivity index (χ1v) is 9.97. The number of hydrogen-bond donors (Lipinski definition) is 1. The number of benzene rings is 2. The van der Waals surface area contributed by atoms with Crippen LogP contribution >= 0.6 is 0 Å². The Labute approximate surface area is 180 Å². The average molecular weight is 423 g/mol. The predicted octanol–water partition coefficient (Wildman–Crippen LogP) is 4.28. The lowest BCUT2D eigenvalue weighted by Gasteiger charge is -2.12. The van der Waals surface area contributed by atoms with Gasteiger partial charge in [-0.2, -0.15) is 4.98 Å². The lowest BCUT2D eigenvalue weighted by molar-refractivity contribution is -0.139. The van der Waals surface area contributed by atoms with Gasteiger partial charge in [0.2, 0.25) is 5.82 Å². The van der Waals surface area contributed by atoms with E-state index in [-0.39, 0.29) is 6.61 Å². The van der Waals surface area contributed by atoms with E-state index in [9.17, 15) is 9.90 Å². The number of aliphatic carboxylic acids is 1. The van der Waals surface area contributed by atoms with Crippen LogP contribution in [0.2, 0.25) is 0 Å². The van der Waals surface area contributed by atoms with Gasteiger partial charge in [-0.15, -0.1) is 0 Å². The summed E-state index contributed by atoms with van der Waals surface area (Å²) in [6.45, 7) is 5.99. The van der Waals surface area contributed by atoms with Crippen LogP contribution in [0, 0.1) is 12.8 Å². The molecule has 0 fully saturated rings. The standard InChI is InChI=1S/C23H25N3O5/c1-4-30-25-16(3)20(23(27)28)13-17-7-11-19(12-8-17)29-14-21-24-22(26-31-21)18-9-5-15(2)6-10-18/h5-12,20H,4,13-14H2,1-3H3,(H,27,28). The van der Waals surface area contributed by atoms with Crippen molar-refractivity contribution in [1.29, 1.82) is 0 Å². The third-order valence-corrected chi connectivity index (χ3v) is 4.64. The average Bonchev–Trinajstić information content (AvgIpc) is 3.24. The highest BCUT2D eigenvalue weighted by Gasteiger charge is 2.22. The molecule has 1 unspecified atom stereocenters. The fourth-order valence-electron chi connectivity index (χ4n) is 2.88. The Kier molecular flexibility index (Phi) is 7.37. The molecule has 0 bridgehead atoms. The van der Waals surface area contributed by atoms with E-state index in [0.29, 0.717) is 36.2 Å². The van der Waals surface area contributed by atoms with Crippen molar-refractivity contribution in [3.63, 3.8) is 0 Å². The first-order valence-electron chi connectivity index (χ1n) is 9.97. The van der Waals surface area contributed by atoms with Crippen LogP contribution in [0.1, 0.15) is 30.9 Å². The SMILES string of the molecule is CCON=C(C)C(Cc1ccc(OCc2nc(-c3ccc(C)cc3)no2)cc1)C(=O)O. The second-order valence-electron chi connectivity index (χ2n) is 7.06. The van der Waals surface area contributed by atoms with Crippen molar-refractivity contribution >= 4 is 11.7 Å². The topological polar surface area (TPSA) is 107 Å². The van der Waals surface area contributed by atoms with Crippen LogP contribution in [0.25, 0.3) is 11.4 Å². The second-order valence-corrected chi connectivity index (χ2v) is 7.06. The number of hydrogen-bond acceptors (Lipinski definition) is 7. The molecular weight excluding hydrogens is 398 g/mol. The molecule has 0 amide bonds. The maximum Gasteiger partial charge on any atom is 0.312 e. The van der Waals surface area contributed by atoms with Crippen LogP contribution in [-0.2, 0) is 22.7 Å². The van der Waals surface area contributed by atoms with Gasteiger partial charge in [-0.3, -0.25) is 4.79 Å². The van der Waals surface area contributed by atoms with Gasteiger partial charge in [-0.1, -0.05) is 52.3 Å². The molecule has 8 heteroatoms. The van der Waals surface area contributed by atoms with Crippen molar-refractivity contribution in [2.24, 2.45) is 11.1 Å². The Balaban J connectivity index is 1.58. The number of carbonyl (C=O) groups is 1. The lowest BCUT2D eigenvalue weighted by Crippen LogP contribution is -2.24. The zero-order chi connectivity index (χ0) is 22.2. The molecule has 2 aromatic carbocycles. The zero-order valence-corrected chi connectivity index (χ0v) is 17.7. The van der Waals surface area contributed by atoms with Gasteiger partial charge in [0.15, 0.2) is 6.61 Å². The minimum atomic E-state index is -0.943. The lowest BCUT2D eigenvalue weighted by atomic mass is 9.95. The fraction of sp³-hybridized carbons (Fsp3) is 0.304. The van der Waals surface area contributed by atoms with Crippen LogP contribution < -0.4 is 4.74 Å². The number of oxime groups is 1. The van der Waals surface area contributed by atoms with Gasteiger partial charge in [-0.25, -0.2) is 0 Å². The normalized spacial score (nSPS) is 12.4. The Morgan fingerprint density at radius 3 is 2.52 bits per heavy atom. The highest BCUT2D eigenvalue weighted by atomic mass is 16.6. The highest BCUT2D eigenvalue weighted by molar-refractivity contribution is 6.00. The smallest absolute Gasteiger partial charge is 0.312 e. The molecule has 1 aromatic heterocycles. The Morgan fingerprint density at radius 2 is 1.87 bits per heavy atom. The van der Waals surface area contributed by atoms with Crippen molar-refractivity contribution in [3.05, 3.63) is 65.5 Å². The van der Waals surface area contributed by atoms with Crippen molar-refractivity contribution in [3.8, 4) is 17.1 Å². The summed E-state index contributed by atoms with van der Waals surface area (Å²) in [6.07, 6.45) is 0.307. The number of aryl methyl sites for hydroxylation is 1. The van der Waals surface area contributed by atoms with E-state index in [1.807, 2.05) is 43.3 Å². The molecule has 1 heterocycles. The van der Waals surface area contributed by atoms with Gasteiger partial charge in [0.05, 0.1) is 5.71 Å². The number of ether oxygens (including phenoxy) is 1. The van der Waals surface area contributed by atoms with Crippen LogP contribution in [0.3, 0.4) is 0 Å². The maximum absolute atomic E-state index is 11.6. The van der Waals surface area contributed by atoms with Gasteiger partial charge in [0.1, 0.15) is 18.3 Å². The third kappa shape index (κ3) is 6.15. The highest BCUT2D eigenvalue weighted by Crippen LogP contribution is 2.19. The Morgan fingerprint density at radius 1 is 1.16 bits per heavy atom. The molecule has 31 heavy (non-hydrogen) atoms. The van der Waals surface area contributed by atoms with E-state index in [4.69, 9.17) is 14.1 Å². The van der Waals surface area contributed by atoms with Crippen molar-refractivity contribution < 1.29 is 24.0 Å². The minimum absolute atomic E-state index is 0.135. The third-order valence-electron chi connectivity index (χ3n) is 4.64. The van der Waals surface area contributed by atoms with E-state index < -0.39 is 11.9 Å². The molecule has 3 aromatic rings. The quantitative estimate of drug-likeness (QED) is 0.383. The predicted molar refractivity (Wildman–Crippen MR) is 115 cm³/mol. The van der Waals surface area contributed by atoms with Gasteiger partial charge >= 0.3 is 5.97 Å². The van der Waals surface area contributed by atoms with E-state index >= 15 is 0 Å². The van der Waals surface area contributed by atoms with Crippen LogP contribution in [0.5, 0.6) is 5.75 Å². The molecule has 162 valence electrons. The molecule has 0 spiro atoms. The number of rotatable bonds is 10. The van der Waals surface area contributed by atoms with Crippen molar-refractivity contribution in [1.82, 2.24) is 10.1 Å². The summed E-state index contributed by atoms with van der Waals surface area (Å²) < 4.78 is 11.0. The zero-order valence-electron chi connectivity index (χ0n) is 17.7. The van der Waals surface area contributed by atoms with Crippen LogP contribution in [0.4, 0.5) is 0 Å². The van der Waals surface area contributed by atoms with Crippen LogP contribution in [-0.4, -0.2) is 33.5 Å². The summed E-state index contributed by atoms with van der Waals surface area (Å²) in [6, 6.07) is 15.1. The molecule has 0 aliphatic heterocycles. The van der Waals surface area contributed by atoms with Crippen molar-refractivity contribution in [2.75, 3.05) is 6.61 Å². The summed E-state index contributed by atoms with van der Waals surface area (Å²) in [7, 11) is 0. The minimum Gasteiger partial charge on any atom is -0.484 e. The maximum atomic E-state index is 11.6. The second kappa shape index (κ2) is 10.4. The molecule has 0 aliphatic rings. The van der Waals surface area contributed by atoms with E-state index in [0.717, 1.165) is 16.7 Å². The van der Waals surface area contributed by atoms with Gasteiger partial charge in [0.25, 0.3) is 5.89 Å². The molecule has 1 atom stereocenters. The van der Waals surface area contributed by atoms with E-state index in [2.05, 4.69) is 15.3 Å². The summed E-state index contributed by atoms with van der Waals surface area (Å²) >= 11 is 0. The van der Waals surface area contributed by atoms with Crippen molar-refractivity contribution in [2.45, 2.75) is 33.8 Å². The Bertz CT molecular complexity index is 1030. The molecule has 0 saturated carbocycles. The number of nitrogens with zero attached hydrogens (tertiary/aromatic N) is 3. The summed E-state index contributed by atoms with van der Waals surface area (Å²) in [4.78, 5) is 20.9. The molecule has 0 saturated heterocycles. The van der Waals surface area contributed by atoms with E-state index in [1.165, 1.54) is 0 Å². The Hall–Kier alpha value is -3.68. The number of carboxylic acids is 1. The summed E-state index contributed by atoms with van der Waals surface area (Å²) in [5.74, 6) is -0.199. The number of aromatic nitrogens is 2. The van der Waals surface area contributed by atoms with Gasteiger partial charge < -0.3 is 19.2 Å². The van der Waals surface area contributed by atoms with Gasteiger partial charge in [0, 0.05) is 5.56 Å². The largest absolute Gasteiger partial charge is 0.484 e. The first-order chi connectivity index (χ1) is 15.0. The first kappa shape index (κ1) is 22.0. The molecular formula is C23H25N3O5. The van der Waals surface area contributed by atoms with E-state index in [1.54, 1.807) is 26.0 Å². The summed E-state index contributed by atoms with van der Waals surface area (Å²) in [5.41, 5.74) is 3.31. The van der Waals surface area contributed by atoms with Gasteiger partial charge in [-0.05, 0) is 44.9 Å². The summed E-state index contributed by atoms with van der Waals surface area (Å²) in [5, 5.41) is 17.3. The molecule has 0 radical (unpaired) electrons. The molecule has 3 rings (SSSR count). The molecule has 0 aliphatic carbocycles. The molecule has 1 N–H and O–H groups in total. The monoisotopic (exact) mass is 423 g/mol. The molecule has 8 nitrogen and oxygen atoms in total. The van der Waals surface area contributed by atoms with Crippen LogP contribution in [0.15, 0.2) is 58.2 Å².